The number of benzene rings is 1. The predicted molar refractivity (Wildman–Crippen MR) is 66.8 cm³/mol. The molecule has 86 valence electrons. The Kier molecular flexibility index (Phi) is 2.53. The third kappa shape index (κ3) is 1.97. The molecule has 1 N–H and O–H groups in total. The first-order chi connectivity index (χ1) is 7.38. The minimum atomic E-state index is 0.126. The standard InChI is InChI=1S/C14H19NO/c1-9-7-10-5-6-13(16)15-12(10)8-11(9)14(2,3)4/h7-8H,5-6H2,1-4H3,(H,15,16). The summed E-state index contributed by atoms with van der Waals surface area (Å²) in [6, 6.07) is 4.36. The summed E-state index contributed by atoms with van der Waals surface area (Å²) in [6.07, 6.45) is 1.48. The smallest absolute Gasteiger partial charge is 0.224 e. The third-order valence-electron chi connectivity index (χ3n) is 3.15. The van der Waals surface area contributed by atoms with Crippen LogP contribution in [-0.2, 0) is 16.6 Å². The number of hydrogen-bond acceptors (Lipinski definition) is 1. The molecule has 0 aliphatic carbocycles. The third-order valence-corrected chi connectivity index (χ3v) is 3.15. The lowest BCUT2D eigenvalue weighted by Crippen LogP contribution is -2.21. The van der Waals surface area contributed by atoms with Crippen molar-refractivity contribution in [3.8, 4) is 0 Å². The van der Waals surface area contributed by atoms with E-state index in [1.165, 1.54) is 16.7 Å². The van der Waals surface area contributed by atoms with E-state index in [0.717, 1.165) is 12.1 Å². The fourth-order valence-corrected chi connectivity index (χ4v) is 2.36. The van der Waals surface area contributed by atoms with Crippen molar-refractivity contribution in [1.29, 1.82) is 0 Å². The highest BCUT2D eigenvalue weighted by molar-refractivity contribution is 5.94. The van der Waals surface area contributed by atoms with Crippen molar-refractivity contribution in [3.05, 3.63) is 28.8 Å². The summed E-state index contributed by atoms with van der Waals surface area (Å²) in [5.41, 5.74) is 5.04. The molecule has 1 aliphatic heterocycles. The van der Waals surface area contributed by atoms with Crippen LogP contribution in [0.1, 0.15) is 43.9 Å². The van der Waals surface area contributed by atoms with Gasteiger partial charge >= 0.3 is 0 Å². The molecule has 1 aliphatic rings. The van der Waals surface area contributed by atoms with E-state index in [0.29, 0.717) is 6.42 Å². The number of nitrogens with one attached hydrogen (secondary N) is 1. The summed E-state index contributed by atoms with van der Waals surface area (Å²) in [5, 5.41) is 2.96. The molecule has 1 aromatic carbocycles. The summed E-state index contributed by atoms with van der Waals surface area (Å²) in [5.74, 6) is 0.135. The van der Waals surface area contributed by atoms with Gasteiger partial charge in [-0.1, -0.05) is 26.8 Å². The van der Waals surface area contributed by atoms with E-state index in [4.69, 9.17) is 0 Å². The minimum absolute atomic E-state index is 0.126. The van der Waals surface area contributed by atoms with Crippen molar-refractivity contribution >= 4 is 11.6 Å². The second kappa shape index (κ2) is 3.62. The molecule has 2 heteroatoms. The topological polar surface area (TPSA) is 29.1 Å². The highest BCUT2D eigenvalue weighted by atomic mass is 16.1. The fourth-order valence-electron chi connectivity index (χ4n) is 2.36. The lowest BCUT2D eigenvalue weighted by atomic mass is 9.82. The molecule has 0 aromatic heterocycles. The normalized spacial score (nSPS) is 15.6. The van der Waals surface area contributed by atoms with Crippen LogP contribution in [0.15, 0.2) is 12.1 Å². The average Bonchev–Trinajstić information content (AvgIpc) is 2.16. The quantitative estimate of drug-likeness (QED) is 0.710. The molecule has 0 atom stereocenters. The predicted octanol–water partition coefficient (Wildman–Crippen LogP) is 3.18. The Balaban J connectivity index is 2.51. The van der Waals surface area contributed by atoms with E-state index in [-0.39, 0.29) is 11.3 Å². The average molecular weight is 217 g/mol. The number of anilines is 1. The van der Waals surface area contributed by atoms with Gasteiger partial charge in [0.15, 0.2) is 0 Å². The lowest BCUT2D eigenvalue weighted by Gasteiger charge is -2.26. The molecule has 0 fully saturated rings. The van der Waals surface area contributed by atoms with E-state index in [1.807, 2.05) is 0 Å². The first-order valence-electron chi connectivity index (χ1n) is 5.82. The van der Waals surface area contributed by atoms with E-state index in [2.05, 4.69) is 45.1 Å². The summed E-state index contributed by atoms with van der Waals surface area (Å²) in [6.45, 7) is 8.75. The number of amides is 1. The van der Waals surface area contributed by atoms with Crippen molar-refractivity contribution in [1.82, 2.24) is 0 Å². The number of hydrogen-bond donors (Lipinski definition) is 1. The molecule has 16 heavy (non-hydrogen) atoms. The van der Waals surface area contributed by atoms with Crippen LogP contribution in [0, 0.1) is 6.92 Å². The zero-order valence-corrected chi connectivity index (χ0v) is 10.5. The van der Waals surface area contributed by atoms with E-state index in [9.17, 15) is 4.79 Å². The maximum absolute atomic E-state index is 11.4. The van der Waals surface area contributed by atoms with Gasteiger partial charge in [-0.05, 0) is 41.5 Å². The van der Waals surface area contributed by atoms with E-state index < -0.39 is 0 Å². The number of aryl methyl sites for hydroxylation is 2. The van der Waals surface area contributed by atoms with Gasteiger partial charge < -0.3 is 5.32 Å². The van der Waals surface area contributed by atoms with Crippen molar-refractivity contribution in [2.75, 3.05) is 5.32 Å². The number of carbonyl (C=O) groups is 1. The number of fused-ring (bicyclic) bond motifs is 1. The Bertz CT molecular complexity index is 441. The Labute approximate surface area is 97.1 Å². The Hall–Kier alpha value is -1.31. The first-order valence-corrected chi connectivity index (χ1v) is 5.82. The van der Waals surface area contributed by atoms with Gasteiger partial charge in [-0.15, -0.1) is 0 Å². The zero-order chi connectivity index (χ0) is 11.9. The summed E-state index contributed by atoms with van der Waals surface area (Å²) < 4.78 is 0. The van der Waals surface area contributed by atoms with Gasteiger partial charge in [-0.3, -0.25) is 4.79 Å². The minimum Gasteiger partial charge on any atom is -0.326 e. The Morgan fingerprint density at radius 1 is 1.19 bits per heavy atom. The van der Waals surface area contributed by atoms with Gasteiger partial charge in [0.05, 0.1) is 0 Å². The maximum atomic E-state index is 11.4. The monoisotopic (exact) mass is 217 g/mol. The van der Waals surface area contributed by atoms with Gasteiger partial charge in [-0.25, -0.2) is 0 Å². The molecule has 0 radical (unpaired) electrons. The van der Waals surface area contributed by atoms with Crippen LogP contribution in [0.5, 0.6) is 0 Å². The Morgan fingerprint density at radius 3 is 2.50 bits per heavy atom. The fraction of sp³-hybridized carbons (Fsp3) is 0.500. The van der Waals surface area contributed by atoms with Gasteiger partial charge in [0.1, 0.15) is 0 Å². The van der Waals surface area contributed by atoms with E-state index in [1.54, 1.807) is 0 Å². The molecule has 1 aromatic rings. The molecule has 2 nitrogen and oxygen atoms in total. The van der Waals surface area contributed by atoms with Crippen molar-refractivity contribution in [2.45, 2.75) is 46.0 Å². The summed E-state index contributed by atoms with van der Waals surface area (Å²) in [4.78, 5) is 11.4. The number of carbonyl (C=O) groups excluding carboxylic acids is 1. The molecule has 0 bridgehead atoms. The van der Waals surface area contributed by atoms with Crippen LogP contribution in [0.25, 0.3) is 0 Å². The molecule has 0 saturated carbocycles. The molecule has 1 heterocycles. The second-order valence-corrected chi connectivity index (χ2v) is 5.62. The lowest BCUT2D eigenvalue weighted by molar-refractivity contribution is -0.116. The number of rotatable bonds is 0. The molecule has 0 unspecified atom stereocenters. The zero-order valence-electron chi connectivity index (χ0n) is 10.5. The highest BCUT2D eigenvalue weighted by Crippen LogP contribution is 2.32. The maximum Gasteiger partial charge on any atom is 0.224 e. The van der Waals surface area contributed by atoms with Crippen LogP contribution >= 0.6 is 0 Å². The van der Waals surface area contributed by atoms with Crippen LogP contribution in [0.4, 0.5) is 5.69 Å². The van der Waals surface area contributed by atoms with E-state index >= 15 is 0 Å². The molecular weight excluding hydrogens is 198 g/mol. The second-order valence-electron chi connectivity index (χ2n) is 5.62. The van der Waals surface area contributed by atoms with Crippen molar-refractivity contribution in [3.63, 3.8) is 0 Å². The van der Waals surface area contributed by atoms with Gasteiger partial charge in [0.2, 0.25) is 5.91 Å². The summed E-state index contributed by atoms with van der Waals surface area (Å²) in [7, 11) is 0. The molecular formula is C14H19NO. The van der Waals surface area contributed by atoms with Gasteiger partial charge in [0.25, 0.3) is 0 Å². The van der Waals surface area contributed by atoms with Crippen LogP contribution in [0.2, 0.25) is 0 Å². The van der Waals surface area contributed by atoms with Crippen LogP contribution in [0.3, 0.4) is 0 Å². The molecule has 2 rings (SSSR count). The van der Waals surface area contributed by atoms with Gasteiger partial charge in [-0.2, -0.15) is 0 Å². The van der Waals surface area contributed by atoms with Crippen molar-refractivity contribution in [2.24, 2.45) is 0 Å². The SMILES string of the molecule is Cc1cc2c(cc1C(C)(C)C)NC(=O)CC2. The van der Waals surface area contributed by atoms with Crippen LogP contribution in [-0.4, -0.2) is 5.91 Å². The summed E-state index contributed by atoms with van der Waals surface area (Å²) >= 11 is 0. The Morgan fingerprint density at radius 2 is 1.88 bits per heavy atom. The molecule has 1 amide bonds. The molecule has 0 saturated heterocycles. The van der Waals surface area contributed by atoms with Gasteiger partial charge in [0, 0.05) is 12.1 Å². The largest absolute Gasteiger partial charge is 0.326 e. The first kappa shape index (κ1) is 11.2. The van der Waals surface area contributed by atoms with Crippen molar-refractivity contribution < 1.29 is 4.79 Å². The van der Waals surface area contributed by atoms with Crippen LogP contribution < -0.4 is 5.32 Å². The highest BCUT2D eigenvalue weighted by Gasteiger charge is 2.21. The molecule has 0 spiro atoms.